The van der Waals surface area contributed by atoms with Crippen molar-refractivity contribution in [3.63, 3.8) is 0 Å². The number of halogens is 3. The summed E-state index contributed by atoms with van der Waals surface area (Å²) >= 11 is 0. The van der Waals surface area contributed by atoms with Gasteiger partial charge in [-0.05, 0) is 6.07 Å². The zero-order valence-corrected chi connectivity index (χ0v) is 15.0. The van der Waals surface area contributed by atoms with E-state index in [1.54, 1.807) is 0 Å². The Kier molecular flexibility index (Phi) is 6.28. The van der Waals surface area contributed by atoms with Crippen LogP contribution in [-0.4, -0.2) is 79.0 Å². The molecule has 0 saturated carbocycles. The van der Waals surface area contributed by atoms with Crippen LogP contribution in [0.25, 0.3) is 0 Å². The first kappa shape index (κ1) is 21.6. The third-order valence-electron chi connectivity index (χ3n) is 4.15. The summed E-state index contributed by atoms with van der Waals surface area (Å²) < 4.78 is 48.9. The molecule has 2 aromatic heterocycles. The number of aromatic nitrogens is 4. The number of aromatic carboxylic acids is 1. The van der Waals surface area contributed by atoms with Crippen molar-refractivity contribution in [2.75, 3.05) is 18.5 Å². The molecule has 14 heteroatoms. The average Bonchev–Trinajstić information content (AvgIpc) is 2.71. The highest BCUT2D eigenvalue weighted by atomic mass is 19.4. The topological polar surface area (TPSA) is 160 Å². The summed E-state index contributed by atoms with van der Waals surface area (Å²) in [5.41, 5.74) is -1.49. The second-order valence-corrected chi connectivity index (χ2v) is 6.26. The highest BCUT2D eigenvalue weighted by Gasteiger charge is 2.39. The fourth-order valence-corrected chi connectivity index (χ4v) is 2.60. The molecule has 2 aromatic rings. The minimum atomic E-state index is -4.68. The summed E-state index contributed by atoms with van der Waals surface area (Å²) in [5, 5.41) is 38.8. The molecule has 0 aromatic carbocycles. The number of carbonyl (C=O) groups is 1. The van der Waals surface area contributed by atoms with Gasteiger partial charge in [-0.3, -0.25) is 4.98 Å². The van der Waals surface area contributed by atoms with E-state index in [1.807, 2.05) is 0 Å². The molecule has 1 saturated heterocycles. The Hall–Kier alpha value is -3.10. The molecule has 0 aliphatic carbocycles. The summed E-state index contributed by atoms with van der Waals surface area (Å²) in [6.07, 6.45) is -6.91. The first-order chi connectivity index (χ1) is 14.1. The van der Waals surface area contributed by atoms with E-state index in [0.29, 0.717) is 6.20 Å². The van der Waals surface area contributed by atoms with Crippen LogP contribution in [0.5, 0.6) is 5.88 Å². The van der Waals surface area contributed by atoms with Gasteiger partial charge in [0.2, 0.25) is 5.88 Å². The van der Waals surface area contributed by atoms with Crippen LogP contribution in [0.15, 0.2) is 24.5 Å². The highest BCUT2D eigenvalue weighted by molar-refractivity contribution is 5.84. The number of hydrogen-bond donors (Lipinski definition) is 4. The van der Waals surface area contributed by atoms with E-state index in [0.717, 1.165) is 6.20 Å². The minimum absolute atomic E-state index is 0.0234. The molecular formula is C16H16F3N5O6. The van der Waals surface area contributed by atoms with Gasteiger partial charge < -0.3 is 30.1 Å². The van der Waals surface area contributed by atoms with E-state index >= 15 is 0 Å². The Bertz CT molecular complexity index is 884. The molecule has 0 unspecified atom stereocenters. The predicted molar refractivity (Wildman–Crippen MR) is 90.7 cm³/mol. The van der Waals surface area contributed by atoms with Crippen LogP contribution in [0.4, 0.5) is 19.0 Å². The zero-order valence-electron chi connectivity index (χ0n) is 15.0. The summed E-state index contributed by atoms with van der Waals surface area (Å²) in [4.78, 5) is 17.6. The molecule has 162 valence electrons. The number of nitrogens with one attached hydrogen (secondary N) is 1. The Balaban J connectivity index is 1.57. The lowest BCUT2D eigenvalue weighted by atomic mass is 9.98. The maximum atomic E-state index is 12.7. The molecule has 4 atom stereocenters. The van der Waals surface area contributed by atoms with Gasteiger partial charge in [-0.1, -0.05) is 0 Å². The third kappa shape index (κ3) is 5.08. The van der Waals surface area contributed by atoms with Gasteiger partial charge in [0.25, 0.3) is 0 Å². The largest absolute Gasteiger partial charge is 0.476 e. The summed E-state index contributed by atoms with van der Waals surface area (Å²) in [6.45, 7) is -0.413. The lowest BCUT2D eigenvalue weighted by molar-refractivity contribution is -0.150. The van der Waals surface area contributed by atoms with Crippen LogP contribution in [-0.2, 0) is 10.9 Å². The Labute approximate surface area is 166 Å². The van der Waals surface area contributed by atoms with Crippen LogP contribution >= 0.6 is 0 Å². The van der Waals surface area contributed by atoms with Crippen molar-refractivity contribution in [3.8, 4) is 5.88 Å². The normalized spacial score (nSPS) is 24.3. The van der Waals surface area contributed by atoms with Crippen molar-refractivity contribution in [2.24, 2.45) is 0 Å². The van der Waals surface area contributed by atoms with E-state index in [1.165, 1.54) is 12.1 Å². The van der Waals surface area contributed by atoms with E-state index in [-0.39, 0.29) is 30.6 Å². The highest BCUT2D eigenvalue weighted by Crippen LogP contribution is 2.28. The standard InChI is InChI=1S/C16H16F3N5O6/c17-16(18,19)10-3-20-4-11(22-10)21-8-5-29-9(14(26)13(8)25)6-30-12-2-1-7(15(27)28)23-24-12/h1-4,8-9,13-14,25-26H,5-6H2,(H,21,22)(H,27,28)/t8-,9+,13+,14-/m0/s1. The molecule has 30 heavy (non-hydrogen) atoms. The molecule has 1 fully saturated rings. The van der Waals surface area contributed by atoms with Crippen LogP contribution in [0.2, 0.25) is 0 Å². The van der Waals surface area contributed by atoms with Crippen molar-refractivity contribution in [1.82, 2.24) is 20.2 Å². The molecule has 0 amide bonds. The number of nitrogens with zero attached hydrogens (tertiary/aromatic N) is 4. The number of carboxylic acids is 1. The van der Waals surface area contributed by atoms with Gasteiger partial charge in [-0.25, -0.2) is 9.78 Å². The maximum absolute atomic E-state index is 12.7. The van der Waals surface area contributed by atoms with E-state index in [2.05, 4.69) is 25.5 Å². The lowest BCUT2D eigenvalue weighted by Gasteiger charge is -2.37. The fraction of sp³-hybridized carbons (Fsp3) is 0.438. The molecule has 3 heterocycles. The number of alkyl halides is 3. The SMILES string of the molecule is O=C(O)c1ccc(OC[C@H]2OC[C@H](Nc3cncc(C(F)(F)F)n3)[C@@H](O)[C@H]2O)nn1. The number of anilines is 1. The molecule has 1 aliphatic heterocycles. The van der Waals surface area contributed by atoms with Gasteiger partial charge >= 0.3 is 12.1 Å². The summed E-state index contributed by atoms with van der Waals surface area (Å²) in [5.74, 6) is -1.52. The van der Waals surface area contributed by atoms with Gasteiger partial charge in [0.15, 0.2) is 11.4 Å². The van der Waals surface area contributed by atoms with Gasteiger partial charge in [0.05, 0.1) is 25.0 Å². The number of aliphatic hydroxyl groups excluding tert-OH is 2. The van der Waals surface area contributed by atoms with Gasteiger partial charge in [0, 0.05) is 6.07 Å². The van der Waals surface area contributed by atoms with Crippen LogP contribution in [0.3, 0.4) is 0 Å². The third-order valence-corrected chi connectivity index (χ3v) is 4.15. The Morgan fingerprint density at radius 1 is 1.23 bits per heavy atom. The first-order valence-corrected chi connectivity index (χ1v) is 8.48. The first-order valence-electron chi connectivity index (χ1n) is 8.48. The number of ether oxygens (including phenoxy) is 2. The number of rotatable bonds is 6. The van der Waals surface area contributed by atoms with Crippen molar-refractivity contribution >= 4 is 11.8 Å². The minimum Gasteiger partial charge on any atom is -0.476 e. The quantitative estimate of drug-likeness (QED) is 0.486. The molecule has 11 nitrogen and oxygen atoms in total. The fourth-order valence-electron chi connectivity index (χ4n) is 2.60. The zero-order chi connectivity index (χ0) is 21.9. The average molecular weight is 431 g/mol. The molecule has 0 spiro atoms. The molecule has 4 N–H and O–H groups in total. The van der Waals surface area contributed by atoms with Gasteiger partial charge in [-0.2, -0.15) is 13.2 Å². The summed E-state index contributed by atoms with van der Waals surface area (Å²) in [6, 6.07) is 1.48. The van der Waals surface area contributed by atoms with Crippen molar-refractivity contribution in [2.45, 2.75) is 30.5 Å². The molecule has 1 aliphatic rings. The van der Waals surface area contributed by atoms with Gasteiger partial charge in [0.1, 0.15) is 30.7 Å². The van der Waals surface area contributed by atoms with Crippen molar-refractivity contribution in [1.29, 1.82) is 0 Å². The lowest BCUT2D eigenvalue weighted by Crippen LogP contribution is -2.57. The van der Waals surface area contributed by atoms with Crippen molar-refractivity contribution in [3.05, 3.63) is 35.9 Å². The van der Waals surface area contributed by atoms with E-state index in [4.69, 9.17) is 14.6 Å². The molecular weight excluding hydrogens is 415 g/mol. The summed E-state index contributed by atoms with van der Waals surface area (Å²) in [7, 11) is 0. The Morgan fingerprint density at radius 2 is 2.00 bits per heavy atom. The molecule has 0 radical (unpaired) electrons. The molecule has 0 bridgehead atoms. The second-order valence-electron chi connectivity index (χ2n) is 6.26. The van der Waals surface area contributed by atoms with Crippen LogP contribution < -0.4 is 10.1 Å². The van der Waals surface area contributed by atoms with Gasteiger partial charge in [-0.15, -0.1) is 10.2 Å². The van der Waals surface area contributed by atoms with E-state index in [9.17, 15) is 28.2 Å². The monoisotopic (exact) mass is 431 g/mol. The maximum Gasteiger partial charge on any atom is 0.434 e. The van der Waals surface area contributed by atoms with Crippen LogP contribution in [0, 0.1) is 0 Å². The van der Waals surface area contributed by atoms with E-state index < -0.39 is 42.2 Å². The molecule has 3 rings (SSSR count). The second kappa shape index (κ2) is 8.73. The number of aliphatic hydroxyl groups is 2. The smallest absolute Gasteiger partial charge is 0.434 e. The number of carboxylic acid groups (broad SMARTS) is 1. The van der Waals surface area contributed by atoms with Crippen molar-refractivity contribution < 1.29 is 42.8 Å². The number of hydrogen-bond acceptors (Lipinski definition) is 10. The predicted octanol–water partition coefficient (Wildman–Crippen LogP) is -0.0363. The van der Waals surface area contributed by atoms with Crippen LogP contribution in [0.1, 0.15) is 16.2 Å². The Morgan fingerprint density at radius 3 is 2.63 bits per heavy atom.